The Bertz CT molecular complexity index is 1000. The number of anilines is 1. The van der Waals surface area contributed by atoms with E-state index in [-0.39, 0.29) is 12.5 Å². The van der Waals surface area contributed by atoms with E-state index in [0.717, 1.165) is 0 Å². The van der Waals surface area contributed by atoms with Crippen molar-refractivity contribution < 1.29 is 19.0 Å². The third-order valence-electron chi connectivity index (χ3n) is 4.03. The Balaban J connectivity index is 1.72. The van der Waals surface area contributed by atoms with E-state index in [2.05, 4.69) is 10.3 Å². The highest BCUT2D eigenvalue weighted by Gasteiger charge is 2.18. The molecule has 2 aromatic carbocycles. The van der Waals surface area contributed by atoms with Gasteiger partial charge in [-0.3, -0.25) is 4.79 Å². The first-order valence-corrected chi connectivity index (χ1v) is 10.7. The van der Waals surface area contributed by atoms with Crippen LogP contribution < -0.4 is 19.5 Å². The molecule has 0 saturated carbocycles. The van der Waals surface area contributed by atoms with Gasteiger partial charge in [-0.1, -0.05) is 11.6 Å². The highest BCUT2D eigenvalue weighted by molar-refractivity contribution is 7.13. The summed E-state index contributed by atoms with van der Waals surface area (Å²) in [6.07, 6.45) is 0. The number of aromatic nitrogens is 1. The molecule has 0 aliphatic rings. The van der Waals surface area contributed by atoms with Crippen LogP contribution in [0.15, 0.2) is 42.5 Å². The number of carbonyl (C=O) groups excluding carboxylic acids is 1. The second-order valence-corrected chi connectivity index (χ2v) is 7.76. The minimum atomic E-state index is -0.252. The predicted molar refractivity (Wildman–Crippen MR) is 119 cm³/mol. The molecule has 0 radical (unpaired) electrons. The van der Waals surface area contributed by atoms with Crippen molar-refractivity contribution in [2.75, 3.05) is 18.5 Å². The number of benzene rings is 2. The monoisotopic (exact) mass is 446 g/mol. The number of nitrogens with one attached hydrogen (secondary N) is 1. The summed E-state index contributed by atoms with van der Waals surface area (Å²) in [5.74, 6) is 1.68. The first kappa shape index (κ1) is 21.9. The number of thiazole rings is 1. The summed E-state index contributed by atoms with van der Waals surface area (Å²) in [4.78, 5) is 17.9. The third-order valence-corrected chi connectivity index (χ3v) is 5.41. The molecule has 1 heterocycles. The fourth-order valence-corrected chi connectivity index (χ4v) is 3.72. The molecule has 0 bridgehead atoms. The molecule has 1 amide bonds. The molecule has 3 aromatic rings. The lowest BCUT2D eigenvalue weighted by atomic mass is 10.2. The smallest absolute Gasteiger partial charge is 0.267 e. The van der Waals surface area contributed by atoms with Gasteiger partial charge in [0.15, 0.2) is 0 Å². The molecule has 0 aliphatic heterocycles. The second-order valence-electron chi connectivity index (χ2n) is 6.24. The van der Waals surface area contributed by atoms with Crippen LogP contribution in [0.3, 0.4) is 0 Å². The lowest BCUT2D eigenvalue weighted by molar-refractivity contribution is 0.102. The summed E-state index contributed by atoms with van der Waals surface area (Å²) in [6, 6.07) is 12.5. The number of halogens is 1. The quantitative estimate of drug-likeness (QED) is 0.454. The summed E-state index contributed by atoms with van der Waals surface area (Å²) in [7, 11) is 0. The number of amides is 1. The molecular formula is C22H23ClN2O4S. The summed E-state index contributed by atoms with van der Waals surface area (Å²) < 4.78 is 16.9. The van der Waals surface area contributed by atoms with Gasteiger partial charge >= 0.3 is 0 Å². The van der Waals surface area contributed by atoms with Gasteiger partial charge < -0.3 is 19.5 Å². The highest BCUT2D eigenvalue weighted by Crippen LogP contribution is 2.31. The largest absolute Gasteiger partial charge is 0.494 e. The van der Waals surface area contributed by atoms with Crippen LogP contribution in [-0.4, -0.2) is 24.1 Å². The molecule has 0 aliphatic carbocycles. The first-order valence-electron chi connectivity index (χ1n) is 9.55. The number of carbonyl (C=O) groups is 1. The van der Waals surface area contributed by atoms with Crippen LogP contribution in [0, 0.1) is 6.92 Å². The zero-order valence-electron chi connectivity index (χ0n) is 17.0. The molecule has 0 spiro atoms. The molecule has 1 aromatic heterocycles. The van der Waals surface area contributed by atoms with Crippen molar-refractivity contribution in [3.63, 3.8) is 0 Å². The Labute approximate surface area is 184 Å². The van der Waals surface area contributed by atoms with Gasteiger partial charge in [0.2, 0.25) is 0 Å². The van der Waals surface area contributed by atoms with Gasteiger partial charge in [-0.05, 0) is 57.2 Å². The predicted octanol–water partition coefficient (Wildman–Crippen LogP) is 5.73. The van der Waals surface area contributed by atoms with Gasteiger partial charge in [-0.2, -0.15) is 0 Å². The van der Waals surface area contributed by atoms with Crippen molar-refractivity contribution in [1.82, 2.24) is 4.98 Å². The van der Waals surface area contributed by atoms with E-state index in [0.29, 0.717) is 56.8 Å². The fourth-order valence-electron chi connectivity index (χ4n) is 2.72. The van der Waals surface area contributed by atoms with E-state index in [9.17, 15) is 4.79 Å². The van der Waals surface area contributed by atoms with Crippen LogP contribution in [0.2, 0.25) is 5.02 Å². The molecule has 1 N–H and O–H groups in total. The van der Waals surface area contributed by atoms with E-state index < -0.39 is 0 Å². The number of hydrogen-bond donors (Lipinski definition) is 1. The van der Waals surface area contributed by atoms with Crippen molar-refractivity contribution in [2.45, 2.75) is 27.4 Å². The standard InChI is InChI=1S/C22H23ClN2O4S/c1-4-27-17-10-11-19(28-5-2)18(12-17)25-22(26)21-14(3)24-20(30-21)13-29-16-8-6-15(23)7-9-16/h6-12H,4-5,13H2,1-3H3,(H,25,26). The third kappa shape index (κ3) is 5.64. The maximum atomic E-state index is 12.9. The number of nitrogens with zero attached hydrogens (tertiary/aromatic N) is 1. The van der Waals surface area contributed by atoms with Gasteiger partial charge in [-0.25, -0.2) is 4.98 Å². The molecule has 158 valence electrons. The van der Waals surface area contributed by atoms with Crippen LogP contribution >= 0.6 is 22.9 Å². The Morgan fingerprint density at radius 2 is 1.73 bits per heavy atom. The number of rotatable bonds is 9. The SMILES string of the molecule is CCOc1ccc(OCC)c(NC(=O)c2sc(COc3ccc(Cl)cc3)nc2C)c1. The maximum absolute atomic E-state index is 12.9. The van der Waals surface area contributed by atoms with Gasteiger partial charge in [0.1, 0.15) is 33.7 Å². The van der Waals surface area contributed by atoms with Crippen molar-refractivity contribution in [2.24, 2.45) is 0 Å². The average Bonchev–Trinajstić information content (AvgIpc) is 3.10. The summed E-state index contributed by atoms with van der Waals surface area (Å²) in [5, 5.41) is 4.27. The lowest BCUT2D eigenvalue weighted by Gasteiger charge is -2.13. The van der Waals surface area contributed by atoms with Gasteiger partial charge in [0.25, 0.3) is 5.91 Å². The highest BCUT2D eigenvalue weighted by atomic mass is 35.5. The minimum Gasteiger partial charge on any atom is -0.494 e. The molecular weight excluding hydrogens is 424 g/mol. The van der Waals surface area contributed by atoms with Gasteiger partial charge in [0.05, 0.1) is 24.6 Å². The number of aryl methyl sites for hydroxylation is 1. The van der Waals surface area contributed by atoms with Crippen LogP contribution in [0.25, 0.3) is 0 Å². The molecule has 30 heavy (non-hydrogen) atoms. The zero-order chi connectivity index (χ0) is 21.5. The molecule has 0 fully saturated rings. The van der Waals surface area contributed by atoms with Crippen molar-refractivity contribution in [3.8, 4) is 17.2 Å². The van der Waals surface area contributed by atoms with Gasteiger partial charge in [-0.15, -0.1) is 11.3 Å². The van der Waals surface area contributed by atoms with Crippen LogP contribution in [0.4, 0.5) is 5.69 Å². The number of hydrogen-bond acceptors (Lipinski definition) is 6. The van der Waals surface area contributed by atoms with Crippen molar-refractivity contribution >= 4 is 34.5 Å². The summed E-state index contributed by atoms with van der Waals surface area (Å²) in [6.45, 7) is 6.89. The average molecular weight is 447 g/mol. The maximum Gasteiger partial charge on any atom is 0.267 e. The second kappa shape index (κ2) is 10.3. The van der Waals surface area contributed by atoms with Crippen molar-refractivity contribution in [3.05, 3.63) is 63.1 Å². The molecule has 6 nitrogen and oxygen atoms in total. The number of ether oxygens (including phenoxy) is 3. The molecule has 0 atom stereocenters. The Kier molecular flexibility index (Phi) is 7.54. The Morgan fingerprint density at radius 3 is 2.43 bits per heavy atom. The molecule has 0 saturated heterocycles. The van der Waals surface area contributed by atoms with Crippen molar-refractivity contribution in [1.29, 1.82) is 0 Å². The first-order chi connectivity index (χ1) is 14.5. The Hall–Kier alpha value is -2.77. The van der Waals surface area contributed by atoms with E-state index in [1.807, 2.05) is 19.9 Å². The van der Waals surface area contributed by atoms with E-state index >= 15 is 0 Å². The van der Waals surface area contributed by atoms with Crippen LogP contribution in [-0.2, 0) is 6.61 Å². The molecule has 8 heteroatoms. The molecule has 0 unspecified atom stereocenters. The van der Waals surface area contributed by atoms with E-state index in [1.54, 1.807) is 43.3 Å². The molecule has 3 rings (SSSR count). The topological polar surface area (TPSA) is 69.7 Å². The summed E-state index contributed by atoms with van der Waals surface area (Å²) >= 11 is 7.18. The van der Waals surface area contributed by atoms with Gasteiger partial charge in [0, 0.05) is 11.1 Å². The zero-order valence-corrected chi connectivity index (χ0v) is 18.6. The minimum absolute atomic E-state index is 0.252. The fraction of sp³-hybridized carbons (Fsp3) is 0.273. The summed E-state index contributed by atoms with van der Waals surface area (Å²) in [5.41, 5.74) is 1.20. The lowest BCUT2D eigenvalue weighted by Crippen LogP contribution is -2.13. The normalized spacial score (nSPS) is 10.5. The van der Waals surface area contributed by atoms with Crippen LogP contribution in [0.5, 0.6) is 17.2 Å². The van der Waals surface area contributed by atoms with Crippen LogP contribution in [0.1, 0.15) is 34.2 Å². The Morgan fingerprint density at radius 1 is 1.03 bits per heavy atom. The van der Waals surface area contributed by atoms with E-state index in [1.165, 1.54) is 11.3 Å². The van der Waals surface area contributed by atoms with E-state index in [4.69, 9.17) is 25.8 Å².